The fraction of sp³-hybridized carbons (Fsp3) is 0.931. The van der Waals surface area contributed by atoms with E-state index in [1.54, 1.807) is 5.57 Å². The summed E-state index contributed by atoms with van der Waals surface area (Å²) in [5.41, 5.74) is 4.22. The molecule has 0 aromatic carbocycles. The minimum atomic E-state index is 0.0843. The van der Waals surface area contributed by atoms with Gasteiger partial charge >= 0.3 is 0 Å². The Morgan fingerprint density at radius 2 is 1.91 bits per heavy atom. The van der Waals surface area contributed by atoms with Gasteiger partial charge in [0.25, 0.3) is 0 Å². The Morgan fingerprint density at radius 3 is 2.72 bits per heavy atom. The van der Waals surface area contributed by atoms with Gasteiger partial charge in [0.15, 0.2) is 0 Å². The Morgan fingerprint density at radius 1 is 1.06 bits per heavy atom. The van der Waals surface area contributed by atoms with Crippen molar-refractivity contribution in [2.24, 2.45) is 40.9 Å². The smallest absolute Gasteiger partial charge is 0.0765 e. The van der Waals surface area contributed by atoms with Crippen LogP contribution in [0.15, 0.2) is 11.1 Å². The van der Waals surface area contributed by atoms with Crippen LogP contribution in [-0.2, 0) is 9.47 Å². The first-order valence-corrected chi connectivity index (χ1v) is 14.0. The Hall–Kier alpha value is -0.380. The molecule has 2 aliphatic heterocycles. The number of piperidine rings is 1. The summed E-state index contributed by atoms with van der Waals surface area (Å²) < 4.78 is 12.9. The number of methoxy groups -OCH3 is 1. The average Bonchev–Trinajstić information content (AvgIpc) is 3.23. The summed E-state index contributed by atoms with van der Waals surface area (Å²) in [5.74, 6) is 4.92. The van der Waals surface area contributed by atoms with Crippen LogP contribution in [-0.4, -0.2) is 37.5 Å². The van der Waals surface area contributed by atoms with E-state index in [1.807, 2.05) is 12.7 Å². The predicted molar refractivity (Wildman–Crippen MR) is 129 cm³/mol. The zero-order chi connectivity index (χ0) is 22.3. The molecule has 180 valence electrons. The highest BCUT2D eigenvalue weighted by molar-refractivity contribution is 5.29. The number of allylic oxidation sites excluding steroid dienone is 1. The molecular weight excluding hydrogens is 394 g/mol. The van der Waals surface area contributed by atoms with Crippen LogP contribution in [0.1, 0.15) is 91.9 Å². The molecule has 3 heteroatoms. The van der Waals surface area contributed by atoms with Crippen LogP contribution in [0.5, 0.6) is 0 Å². The Balaban J connectivity index is 1.26. The number of hydrogen-bond acceptors (Lipinski definition) is 3. The van der Waals surface area contributed by atoms with E-state index in [1.165, 1.54) is 70.8 Å². The van der Waals surface area contributed by atoms with Gasteiger partial charge in [-0.1, -0.05) is 31.9 Å². The second kappa shape index (κ2) is 7.82. The van der Waals surface area contributed by atoms with Crippen LogP contribution in [0, 0.1) is 40.9 Å². The van der Waals surface area contributed by atoms with Crippen molar-refractivity contribution in [3.05, 3.63) is 11.1 Å². The van der Waals surface area contributed by atoms with E-state index >= 15 is 0 Å². The summed E-state index contributed by atoms with van der Waals surface area (Å²) in [6, 6.07) is 0.569. The van der Waals surface area contributed by atoms with E-state index in [0.29, 0.717) is 29.6 Å². The number of rotatable bonds is 1. The second-order valence-electron chi connectivity index (χ2n) is 13.3. The Bertz CT molecular complexity index is 777. The van der Waals surface area contributed by atoms with Gasteiger partial charge < -0.3 is 14.8 Å². The fourth-order valence-corrected chi connectivity index (χ4v) is 10.00. The van der Waals surface area contributed by atoms with Crippen LogP contribution < -0.4 is 5.32 Å². The van der Waals surface area contributed by atoms with Crippen molar-refractivity contribution in [2.75, 3.05) is 13.7 Å². The first-order valence-electron chi connectivity index (χ1n) is 14.0. The summed E-state index contributed by atoms with van der Waals surface area (Å²) in [5, 5.41) is 3.88. The van der Waals surface area contributed by atoms with Gasteiger partial charge in [0.05, 0.1) is 17.8 Å². The molecule has 0 aromatic rings. The van der Waals surface area contributed by atoms with Crippen molar-refractivity contribution in [1.82, 2.24) is 5.32 Å². The van der Waals surface area contributed by atoms with E-state index in [-0.39, 0.29) is 5.60 Å². The van der Waals surface area contributed by atoms with Gasteiger partial charge in [-0.3, -0.25) is 0 Å². The van der Waals surface area contributed by atoms with Gasteiger partial charge in [-0.05, 0) is 113 Å². The highest BCUT2D eigenvalue weighted by Crippen LogP contribution is 2.65. The predicted octanol–water partition coefficient (Wildman–Crippen LogP) is 6.13. The molecule has 5 fully saturated rings. The second-order valence-corrected chi connectivity index (χ2v) is 13.3. The van der Waals surface area contributed by atoms with E-state index in [2.05, 4.69) is 33.0 Å². The maximum atomic E-state index is 7.05. The molecule has 1 spiro atoms. The molecule has 6 aliphatic rings. The SMILES string of the molecule is CO[C@H]1CC[C@@]2(C)[C@H](CCC3[C@@H]4CC[C@@]5(CC(C)=C4C[C@@H]32)O[C@@H]2C[C@H](C)CN[C@H]2[C@H]5C)C1. The molecule has 2 saturated heterocycles. The molecule has 0 amide bonds. The van der Waals surface area contributed by atoms with Crippen LogP contribution in [0.3, 0.4) is 0 Å². The molecule has 0 bridgehead atoms. The van der Waals surface area contributed by atoms with Gasteiger partial charge in [-0.2, -0.15) is 0 Å². The summed E-state index contributed by atoms with van der Waals surface area (Å²) in [6.45, 7) is 11.2. The Kier molecular flexibility index (Phi) is 5.40. The summed E-state index contributed by atoms with van der Waals surface area (Å²) in [4.78, 5) is 0. The van der Waals surface area contributed by atoms with Crippen molar-refractivity contribution < 1.29 is 9.47 Å². The first-order chi connectivity index (χ1) is 15.3. The lowest BCUT2D eigenvalue weighted by molar-refractivity contribution is -0.0841. The van der Waals surface area contributed by atoms with Crippen molar-refractivity contribution in [1.29, 1.82) is 0 Å². The molecule has 3 saturated carbocycles. The van der Waals surface area contributed by atoms with Crippen LogP contribution in [0.2, 0.25) is 0 Å². The van der Waals surface area contributed by atoms with Crippen molar-refractivity contribution in [3.8, 4) is 0 Å². The fourth-order valence-electron chi connectivity index (χ4n) is 10.00. The van der Waals surface area contributed by atoms with E-state index < -0.39 is 0 Å². The number of hydrogen-bond donors (Lipinski definition) is 1. The average molecular weight is 442 g/mol. The van der Waals surface area contributed by atoms with Gasteiger partial charge in [0.1, 0.15) is 0 Å². The third-order valence-electron chi connectivity index (χ3n) is 11.9. The molecule has 1 unspecified atom stereocenters. The van der Waals surface area contributed by atoms with E-state index in [0.717, 1.165) is 29.6 Å². The highest BCUT2D eigenvalue weighted by atomic mass is 16.5. The van der Waals surface area contributed by atoms with Crippen molar-refractivity contribution in [2.45, 2.75) is 116 Å². The summed E-state index contributed by atoms with van der Waals surface area (Å²) in [6.07, 6.45) is 14.3. The molecule has 1 N–H and O–H groups in total. The van der Waals surface area contributed by atoms with Gasteiger partial charge in [0.2, 0.25) is 0 Å². The maximum absolute atomic E-state index is 7.05. The summed E-state index contributed by atoms with van der Waals surface area (Å²) in [7, 11) is 1.93. The Labute approximate surface area is 196 Å². The number of fused-ring (bicyclic) bond motifs is 6. The largest absolute Gasteiger partial charge is 0.381 e. The quantitative estimate of drug-likeness (QED) is 0.497. The van der Waals surface area contributed by atoms with Crippen molar-refractivity contribution in [3.63, 3.8) is 0 Å². The molecule has 3 nitrogen and oxygen atoms in total. The molecular formula is C29H47NO2. The summed E-state index contributed by atoms with van der Waals surface area (Å²) >= 11 is 0. The van der Waals surface area contributed by atoms with Crippen LogP contribution in [0.4, 0.5) is 0 Å². The molecule has 2 heterocycles. The maximum Gasteiger partial charge on any atom is 0.0765 e. The topological polar surface area (TPSA) is 30.5 Å². The minimum Gasteiger partial charge on any atom is -0.381 e. The monoisotopic (exact) mass is 441 g/mol. The zero-order valence-electron chi connectivity index (χ0n) is 21.3. The van der Waals surface area contributed by atoms with Gasteiger partial charge in [-0.25, -0.2) is 0 Å². The van der Waals surface area contributed by atoms with E-state index in [4.69, 9.17) is 9.47 Å². The number of nitrogens with one attached hydrogen (secondary N) is 1. The third kappa shape index (κ3) is 3.16. The van der Waals surface area contributed by atoms with E-state index in [9.17, 15) is 0 Å². The number of ether oxygens (including phenoxy) is 2. The van der Waals surface area contributed by atoms with Crippen molar-refractivity contribution >= 4 is 0 Å². The molecule has 0 aromatic heterocycles. The highest BCUT2D eigenvalue weighted by Gasteiger charge is 2.59. The lowest BCUT2D eigenvalue weighted by Gasteiger charge is -2.54. The van der Waals surface area contributed by atoms with Crippen LogP contribution in [0.25, 0.3) is 0 Å². The molecule has 32 heavy (non-hydrogen) atoms. The minimum absolute atomic E-state index is 0.0843. The third-order valence-corrected chi connectivity index (χ3v) is 11.9. The zero-order valence-corrected chi connectivity index (χ0v) is 21.3. The normalized spacial score (nSPS) is 55.2. The van der Waals surface area contributed by atoms with Gasteiger partial charge in [0, 0.05) is 19.1 Å². The standard InChI is InChI=1S/C29H47NO2/c1-17-12-26-27(30-16-17)19(3)29(32-26)11-9-22-23-7-6-20-13-21(31-5)8-10-28(20,4)25(23)14-24(22)18(2)15-29/h17,19-23,25-27,30H,6-16H2,1-5H3/t17-,19+,20+,21-,22-,23?,25-,26+,27-,28-,29-/m0/s1. The van der Waals surface area contributed by atoms with Crippen LogP contribution >= 0.6 is 0 Å². The lowest BCUT2D eigenvalue weighted by atomic mass is 9.52. The lowest BCUT2D eigenvalue weighted by Crippen LogP contribution is -2.48. The molecule has 4 aliphatic carbocycles. The molecule has 6 rings (SSSR count). The molecule has 0 radical (unpaired) electrons. The molecule has 11 atom stereocenters. The van der Waals surface area contributed by atoms with Gasteiger partial charge in [-0.15, -0.1) is 0 Å². The first kappa shape index (κ1) is 22.1.